The van der Waals surface area contributed by atoms with Crippen molar-refractivity contribution in [2.24, 2.45) is 0 Å². The van der Waals surface area contributed by atoms with Gasteiger partial charge in [-0.25, -0.2) is 4.79 Å². The molecular weight excluding hydrogens is 320 g/mol. The Balaban J connectivity index is 3.55. The largest absolute Gasteiger partial charge is 0.495 e. The molecule has 1 aromatic carbocycles. The highest BCUT2D eigenvalue weighted by Gasteiger charge is 2.30. The summed E-state index contributed by atoms with van der Waals surface area (Å²) < 4.78 is 20.6. The molecule has 1 atom stereocenters. The number of hydrogen-bond acceptors (Lipinski definition) is 6. The first-order valence-electron chi connectivity index (χ1n) is 5.26. The van der Waals surface area contributed by atoms with E-state index in [2.05, 4.69) is 20.7 Å². The first-order chi connectivity index (χ1) is 9.01. The van der Waals surface area contributed by atoms with Crippen molar-refractivity contribution in [3.05, 3.63) is 16.1 Å². The molecule has 6 nitrogen and oxygen atoms in total. The Labute approximate surface area is 119 Å². The van der Waals surface area contributed by atoms with Gasteiger partial charge in [-0.15, -0.1) is 0 Å². The Hall–Kier alpha value is -1.47. The highest BCUT2D eigenvalue weighted by molar-refractivity contribution is 9.10. The number of esters is 1. The lowest BCUT2D eigenvalue weighted by atomic mass is 10.1. The molecule has 0 fully saturated rings. The van der Waals surface area contributed by atoms with Crippen molar-refractivity contribution in [2.75, 3.05) is 28.4 Å². The SMILES string of the molecule is COC(=O)C(O)c1c(OC)c(Br)cc(OC)c1OC. The predicted octanol–water partition coefficient (Wildman–Crippen LogP) is 1.68. The molecule has 0 radical (unpaired) electrons. The summed E-state index contributed by atoms with van der Waals surface area (Å²) in [4.78, 5) is 11.5. The first kappa shape index (κ1) is 15.6. The van der Waals surface area contributed by atoms with Crippen LogP contribution in [0.15, 0.2) is 10.5 Å². The Morgan fingerprint density at radius 3 is 2.16 bits per heavy atom. The summed E-state index contributed by atoms with van der Waals surface area (Å²) in [6, 6.07) is 1.62. The van der Waals surface area contributed by atoms with E-state index in [1.165, 1.54) is 28.4 Å². The average Bonchev–Trinajstić information content (AvgIpc) is 2.44. The second kappa shape index (κ2) is 6.63. The van der Waals surface area contributed by atoms with Gasteiger partial charge in [-0.05, 0) is 15.9 Å². The predicted molar refractivity (Wildman–Crippen MR) is 70.8 cm³/mol. The summed E-state index contributed by atoms with van der Waals surface area (Å²) in [6.07, 6.45) is -1.54. The van der Waals surface area contributed by atoms with Gasteiger partial charge in [0, 0.05) is 6.07 Å². The van der Waals surface area contributed by atoms with Gasteiger partial charge in [0.15, 0.2) is 17.6 Å². The number of halogens is 1. The van der Waals surface area contributed by atoms with Crippen LogP contribution < -0.4 is 14.2 Å². The van der Waals surface area contributed by atoms with Crippen molar-refractivity contribution in [3.63, 3.8) is 0 Å². The molecule has 1 rings (SSSR count). The number of ether oxygens (including phenoxy) is 4. The van der Waals surface area contributed by atoms with Crippen LogP contribution in [0.1, 0.15) is 11.7 Å². The van der Waals surface area contributed by atoms with Gasteiger partial charge in [0.25, 0.3) is 0 Å². The molecule has 19 heavy (non-hydrogen) atoms. The molecule has 0 amide bonds. The molecule has 0 bridgehead atoms. The number of aliphatic hydroxyl groups is 1. The van der Waals surface area contributed by atoms with Crippen LogP contribution in [0.4, 0.5) is 0 Å². The van der Waals surface area contributed by atoms with Crippen molar-refractivity contribution in [1.29, 1.82) is 0 Å². The molecule has 0 aromatic heterocycles. The molecule has 7 heteroatoms. The van der Waals surface area contributed by atoms with Gasteiger partial charge in [-0.2, -0.15) is 0 Å². The van der Waals surface area contributed by atoms with Gasteiger partial charge in [0.2, 0.25) is 0 Å². The molecule has 1 unspecified atom stereocenters. The lowest BCUT2D eigenvalue weighted by Crippen LogP contribution is -2.16. The fraction of sp³-hybridized carbons (Fsp3) is 0.417. The zero-order valence-corrected chi connectivity index (χ0v) is 12.6. The Morgan fingerprint density at radius 2 is 1.74 bits per heavy atom. The fourth-order valence-electron chi connectivity index (χ4n) is 1.66. The quantitative estimate of drug-likeness (QED) is 0.826. The number of carbonyl (C=O) groups excluding carboxylic acids is 1. The topological polar surface area (TPSA) is 74.2 Å². The molecule has 0 aliphatic heterocycles. The molecule has 0 saturated carbocycles. The lowest BCUT2D eigenvalue weighted by Gasteiger charge is -2.20. The second-order valence-corrected chi connectivity index (χ2v) is 4.32. The number of methoxy groups -OCH3 is 4. The Morgan fingerprint density at radius 1 is 1.16 bits per heavy atom. The summed E-state index contributed by atoms with van der Waals surface area (Å²) in [5, 5.41) is 10.0. The van der Waals surface area contributed by atoms with Gasteiger partial charge in [-0.1, -0.05) is 0 Å². The summed E-state index contributed by atoms with van der Waals surface area (Å²) >= 11 is 3.28. The van der Waals surface area contributed by atoms with Crippen LogP contribution in [-0.2, 0) is 9.53 Å². The number of aliphatic hydroxyl groups excluding tert-OH is 1. The van der Waals surface area contributed by atoms with Gasteiger partial charge < -0.3 is 24.1 Å². The smallest absolute Gasteiger partial charge is 0.339 e. The summed E-state index contributed by atoms with van der Waals surface area (Å²) in [7, 11) is 5.45. The van der Waals surface area contributed by atoms with E-state index >= 15 is 0 Å². The van der Waals surface area contributed by atoms with Crippen molar-refractivity contribution in [3.8, 4) is 17.2 Å². The van der Waals surface area contributed by atoms with Crippen molar-refractivity contribution >= 4 is 21.9 Å². The van der Waals surface area contributed by atoms with E-state index in [4.69, 9.17) is 14.2 Å². The second-order valence-electron chi connectivity index (χ2n) is 3.47. The minimum Gasteiger partial charge on any atom is -0.495 e. The minimum absolute atomic E-state index is 0.142. The number of benzene rings is 1. The molecular formula is C12H15BrO6. The standard InChI is InChI=1S/C12H15BrO6/c1-16-7-5-6(13)10(17-2)8(11(7)18-3)9(14)12(15)19-4/h5,9,14H,1-4H3. The van der Waals surface area contributed by atoms with Crippen molar-refractivity contribution < 1.29 is 28.8 Å². The number of hydrogen-bond donors (Lipinski definition) is 1. The average molecular weight is 335 g/mol. The molecule has 0 heterocycles. The molecule has 0 saturated heterocycles. The first-order valence-corrected chi connectivity index (χ1v) is 6.05. The maximum absolute atomic E-state index is 11.5. The van der Waals surface area contributed by atoms with Crippen LogP contribution in [0.5, 0.6) is 17.2 Å². The summed E-state index contributed by atoms with van der Waals surface area (Å²) in [6.45, 7) is 0. The van der Waals surface area contributed by atoms with Gasteiger partial charge in [0.1, 0.15) is 5.75 Å². The molecule has 1 N–H and O–H groups in total. The summed E-state index contributed by atoms with van der Waals surface area (Å²) in [5.41, 5.74) is 0.142. The lowest BCUT2D eigenvalue weighted by molar-refractivity contribution is -0.150. The highest BCUT2D eigenvalue weighted by Crippen LogP contribution is 2.46. The van der Waals surface area contributed by atoms with Crippen molar-refractivity contribution in [1.82, 2.24) is 0 Å². The van der Waals surface area contributed by atoms with E-state index in [-0.39, 0.29) is 17.1 Å². The monoisotopic (exact) mass is 334 g/mol. The fourth-order valence-corrected chi connectivity index (χ4v) is 2.24. The van der Waals surface area contributed by atoms with E-state index < -0.39 is 12.1 Å². The maximum Gasteiger partial charge on any atom is 0.339 e. The van der Waals surface area contributed by atoms with Crippen LogP contribution in [-0.4, -0.2) is 39.5 Å². The number of carbonyl (C=O) groups is 1. The van der Waals surface area contributed by atoms with Crippen LogP contribution in [0.3, 0.4) is 0 Å². The zero-order chi connectivity index (χ0) is 14.6. The Kier molecular flexibility index (Phi) is 5.44. The van der Waals surface area contributed by atoms with Gasteiger partial charge >= 0.3 is 5.97 Å². The Bertz CT molecular complexity index is 474. The zero-order valence-electron chi connectivity index (χ0n) is 11.0. The third-order valence-electron chi connectivity index (χ3n) is 2.51. The van der Waals surface area contributed by atoms with E-state index in [0.717, 1.165) is 0 Å². The maximum atomic E-state index is 11.5. The minimum atomic E-state index is -1.54. The summed E-state index contributed by atoms with van der Waals surface area (Å²) in [5.74, 6) is 0.0147. The molecule has 0 spiro atoms. The van der Waals surface area contributed by atoms with E-state index in [9.17, 15) is 9.90 Å². The van der Waals surface area contributed by atoms with E-state index in [1.54, 1.807) is 6.07 Å². The third kappa shape index (κ3) is 2.93. The normalized spacial score (nSPS) is 11.7. The molecule has 0 aliphatic rings. The number of rotatable bonds is 5. The molecule has 106 valence electrons. The van der Waals surface area contributed by atoms with Crippen molar-refractivity contribution in [2.45, 2.75) is 6.10 Å². The van der Waals surface area contributed by atoms with E-state index in [0.29, 0.717) is 10.2 Å². The van der Waals surface area contributed by atoms with Crippen LogP contribution in [0, 0.1) is 0 Å². The highest BCUT2D eigenvalue weighted by atomic mass is 79.9. The van der Waals surface area contributed by atoms with Crippen LogP contribution >= 0.6 is 15.9 Å². The van der Waals surface area contributed by atoms with Gasteiger partial charge in [0.05, 0.1) is 38.5 Å². The van der Waals surface area contributed by atoms with Crippen LogP contribution in [0.2, 0.25) is 0 Å². The van der Waals surface area contributed by atoms with E-state index in [1.807, 2.05) is 0 Å². The molecule has 0 aliphatic carbocycles. The van der Waals surface area contributed by atoms with Crippen LogP contribution in [0.25, 0.3) is 0 Å². The third-order valence-corrected chi connectivity index (χ3v) is 3.10. The van der Waals surface area contributed by atoms with Gasteiger partial charge in [-0.3, -0.25) is 0 Å². The molecule has 1 aromatic rings.